The second-order valence-electron chi connectivity index (χ2n) is 6.90. The van der Waals surface area contributed by atoms with E-state index in [0.717, 1.165) is 45.0 Å². The van der Waals surface area contributed by atoms with Gasteiger partial charge in [-0.05, 0) is 31.2 Å². The van der Waals surface area contributed by atoms with E-state index >= 15 is 0 Å². The maximum absolute atomic E-state index is 4.66. The summed E-state index contributed by atoms with van der Waals surface area (Å²) in [6, 6.07) is 21.2. The molecule has 0 unspecified atom stereocenters. The Kier molecular flexibility index (Phi) is 5.02. The van der Waals surface area contributed by atoms with E-state index in [0.29, 0.717) is 0 Å². The highest BCUT2D eigenvalue weighted by atomic mass is 15.3. The molecule has 0 radical (unpaired) electrons. The number of rotatable bonds is 5. The topological polar surface area (TPSA) is 24.3 Å². The first kappa shape index (κ1) is 16.9. The third-order valence-electron chi connectivity index (χ3n) is 5.17. The molecule has 1 saturated heterocycles. The normalized spacial score (nSPS) is 15.3. The van der Waals surface area contributed by atoms with Gasteiger partial charge in [0.1, 0.15) is 5.82 Å². The van der Waals surface area contributed by atoms with Crippen molar-refractivity contribution in [3.8, 4) is 5.69 Å². The highest BCUT2D eigenvalue weighted by molar-refractivity contribution is 5.46. The fraction of sp³-hybridized carbons (Fsp3) is 0.318. The molecule has 0 bridgehead atoms. The summed E-state index contributed by atoms with van der Waals surface area (Å²) in [5.74, 6) is 1.15. The van der Waals surface area contributed by atoms with Gasteiger partial charge in [-0.15, -0.1) is 0 Å². The first-order chi connectivity index (χ1) is 12.8. The van der Waals surface area contributed by atoms with E-state index < -0.39 is 0 Å². The number of imidazole rings is 1. The van der Waals surface area contributed by atoms with E-state index in [1.807, 2.05) is 6.20 Å². The Morgan fingerprint density at radius 2 is 1.42 bits per heavy atom. The molecule has 1 aliphatic rings. The summed E-state index contributed by atoms with van der Waals surface area (Å²) in [6.45, 7) is 7.60. The minimum absolute atomic E-state index is 0.980. The smallest absolute Gasteiger partial charge is 0.114 e. The molecule has 1 fully saturated rings. The van der Waals surface area contributed by atoms with Crippen LogP contribution in [0.2, 0.25) is 0 Å². The molecule has 134 valence electrons. The summed E-state index contributed by atoms with van der Waals surface area (Å²) >= 11 is 0. The molecule has 0 aliphatic carbocycles. The molecule has 4 nitrogen and oxygen atoms in total. The lowest BCUT2D eigenvalue weighted by Crippen LogP contribution is -2.47. The van der Waals surface area contributed by atoms with Gasteiger partial charge in [-0.25, -0.2) is 4.98 Å². The zero-order valence-electron chi connectivity index (χ0n) is 15.4. The van der Waals surface area contributed by atoms with Crippen molar-refractivity contribution in [1.82, 2.24) is 14.5 Å². The second-order valence-corrected chi connectivity index (χ2v) is 6.90. The van der Waals surface area contributed by atoms with Gasteiger partial charge in [-0.3, -0.25) is 4.90 Å². The Morgan fingerprint density at radius 3 is 2.08 bits per heavy atom. The van der Waals surface area contributed by atoms with Crippen LogP contribution in [0.4, 0.5) is 5.69 Å². The van der Waals surface area contributed by atoms with Crippen molar-refractivity contribution in [2.45, 2.75) is 13.3 Å². The highest BCUT2D eigenvalue weighted by Crippen LogP contribution is 2.17. The Hall–Kier alpha value is -2.59. The van der Waals surface area contributed by atoms with Crippen molar-refractivity contribution >= 4 is 5.69 Å². The van der Waals surface area contributed by atoms with E-state index in [-0.39, 0.29) is 0 Å². The molecule has 1 aromatic heterocycles. The minimum atomic E-state index is 0.980. The van der Waals surface area contributed by atoms with Crippen LogP contribution >= 0.6 is 0 Å². The van der Waals surface area contributed by atoms with Crippen molar-refractivity contribution in [1.29, 1.82) is 0 Å². The van der Waals surface area contributed by atoms with Crippen LogP contribution in [0.15, 0.2) is 66.9 Å². The Labute approximate surface area is 155 Å². The number of aryl methyl sites for hydroxylation is 1. The summed E-state index contributed by atoms with van der Waals surface area (Å²) < 4.78 is 2.28. The monoisotopic (exact) mass is 346 g/mol. The molecule has 0 N–H and O–H groups in total. The molecular formula is C22H26N4. The molecule has 0 spiro atoms. The Morgan fingerprint density at radius 1 is 0.808 bits per heavy atom. The van der Waals surface area contributed by atoms with Crippen molar-refractivity contribution in [3.63, 3.8) is 0 Å². The van der Waals surface area contributed by atoms with E-state index in [1.54, 1.807) is 0 Å². The molecule has 0 amide bonds. The number of para-hydroxylation sites is 2. The fourth-order valence-electron chi connectivity index (χ4n) is 3.72. The van der Waals surface area contributed by atoms with Crippen LogP contribution in [-0.4, -0.2) is 47.2 Å². The van der Waals surface area contributed by atoms with E-state index in [4.69, 9.17) is 0 Å². The summed E-state index contributed by atoms with van der Waals surface area (Å²) in [5.41, 5.74) is 3.73. The lowest BCUT2D eigenvalue weighted by atomic mass is 10.2. The molecule has 1 aliphatic heterocycles. The van der Waals surface area contributed by atoms with E-state index in [2.05, 4.69) is 86.9 Å². The molecule has 2 heterocycles. The zero-order chi connectivity index (χ0) is 17.8. The van der Waals surface area contributed by atoms with Gasteiger partial charge in [0.15, 0.2) is 0 Å². The molecule has 0 atom stereocenters. The van der Waals surface area contributed by atoms with Crippen LogP contribution in [0, 0.1) is 6.92 Å². The van der Waals surface area contributed by atoms with Crippen LogP contribution in [0.1, 0.15) is 11.5 Å². The largest absolute Gasteiger partial charge is 0.369 e. The van der Waals surface area contributed by atoms with Crippen LogP contribution in [0.5, 0.6) is 0 Å². The van der Waals surface area contributed by atoms with Gasteiger partial charge in [0, 0.05) is 62.4 Å². The summed E-state index contributed by atoms with van der Waals surface area (Å²) in [4.78, 5) is 9.70. The predicted molar refractivity (Wildman–Crippen MR) is 107 cm³/mol. The highest BCUT2D eigenvalue weighted by Gasteiger charge is 2.18. The van der Waals surface area contributed by atoms with Gasteiger partial charge in [0.05, 0.1) is 0 Å². The predicted octanol–water partition coefficient (Wildman–Crippen LogP) is 3.55. The van der Waals surface area contributed by atoms with Crippen LogP contribution < -0.4 is 4.90 Å². The lowest BCUT2D eigenvalue weighted by molar-refractivity contribution is 0.259. The zero-order valence-corrected chi connectivity index (χ0v) is 15.4. The van der Waals surface area contributed by atoms with Gasteiger partial charge in [-0.1, -0.05) is 36.4 Å². The number of nitrogens with zero attached hydrogens (tertiary/aromatic N) is 4. The Balaban J connectivity index is 1.36. The summed E-state index contributed by atoms with van der Waals surface area (Å²) in [7, 11) is 0. The quantitative estimate of drug-likeness (QED) is 0.706. The molecule has 4 rings (SSSR count). The molecule has 3 aromatic rings. The molecular weight excluding hydrogens is 320 g/mol. The number of benzene rings is 2. The van der Waals surface area contributed by atoms with Gasteiger partial charge < -0.3 is 9.47 Å². The van der Waals surface area contributed by atoms with Gasteiger partial charge >= 0.3 is 0 Å². The number of anilines is 1. The standard InChI is InChI=1S/C22H26N4/c1-19-18-23-22(26(19)21-10-6-3-7-11-21)12-13-24-14-16-25(17-15-24)20-8-4-2-5-9-20/h2-11,18H,12-17H2,1H3. The molecule has 0 saturated carbocycles. The fourth-order valence-corrected chi connectivity index (χ4v) is 3.72. The Bertz CT molecular complexity index is 818. The van der Waals surface area contributed by atoms with Crippen molar-refractivity contribution in [2.24, 2.45) is 0 Å². The third-order valence-corrected chi connectivity index (χ3v) is 5.17. The number of hydrogen-bond acceptors (Lipinski definition) is 3. The average Bonchev–Trinajstić information content (AvgIpc) is 3.08. The molecule has 26 heavy (non-hydrogen) atoms. The SMILES string of the molecule is Cc1cnc(CCN2CCN(c3ccccc3)CC2)n1-c1ccccc1. The van der Waals surface area contributed by atoms with Crippen LogP contribution in [0.25, 0.3) is 5.69 Å². The number of hydrogen-bond donors (Lipinski definition) is 0. The second kappa shape index (κ2) is 7.75. The first-order valence-corrected chi connectivity index (χ1v) is 9.42. The molecule has 4 heteroatoms. The molecule has 2 aromatic carbocycles. The summed E-state index contributed by atoms with van der Waals surface area (Å²) in [6.07, 6.45) is 2.96. The average molecular weight is 346 g/mol. The third kappa shape index (κ3) is 3.65. The van der Waals surface area contributed by atoms with E-state index in [9.17, 15) is 0 Å². The first-order valence-electron chi connectivity index (χ1n) is 9.42. The van der Waals surface area contributed by atoms with Gasteiger partial charge in [0.25, 0.3) is 0 Å². The van der Waals surface area contributed by atoms with Crippen molar-refractivity contribution < 1.29 is 0 Å². The maximum Gasteiger partial charge on any atom is 0.114 e. The van der Waals surface area contributed by atoms with Gasteiger partial charge in [0.2, 0.25) is 0 Å². The minimum Gasteiger partial charge on any atom is -0.369 e. The van der Waals surface area contributed by atoms with E-state index in [1.165, 1.54) is 17.1 Å². The number of piperazine rings is 1. The lowest BCUT2D eigenvalue weighted by Gasteiger charge is -2.36. The van der Waals surface area contributed by atoms with Crippen molar-refractivity contribution in [2.75, 3.05) is 37.6 Å². The van der Waals surface area contributed by atoms with Crippen LogP contribution in [0.3, 0.4) is 0 Å². The maximum atomic E-state index is 4.66. The number of aromatic nitrogens is 2. The van der Waals surface area contributed by atoms with Crippen molar-refractivity contribution in [3.05, 3.63) is 78.4 Å². The van der Waals surface area contributed by atoms with Gasteiger partial charge in [-0.2, -0.15) is 0 Å². The van der Waals surface area contributed by atoms with Crippen LogP contribution in [-0.2, 0) is 6.42 Å². The summed E-state index contributed by atoms with van der Waals surface area (Å²) in [5, 5.41) is 0.